The molecule has 6 nitrogen and oxygen atoms in total. The van der Waals surface area contributed by atoms with Crippen LogP contribution in [-0.4, -0.2) is 22.6 Å². The van der Waals surface area contributed by atoms with Gasteiger partial charge in [-0.25, -0.2) is 4.79 Å². The molecule has 3 rings (SSSR count). The SMILES string of the molecule is COc1cccc([C@@H](NC(=O)Cn2c(C)cc(C)nc2=O)c2ccccc2)c1. The first-order valence-corrected chi connectivity index (χ1v) is 9.01. The monoisotopic (exact) mass is 377 g/mol. The second kappa shape index (κ2) is 8.52. The molecule has 0 aliphatic rings. The van der Waals surface area contributed by atoms with E-state index in [1.807, 2.05) is 54.6 Å². The van der Waals surface area contributed by atoms with Gasteiger partial charge < -0.3 is 10.1 Å². The van der Waals surface area contributed by atoms with Crippen LogP contribution in [0.15, 0.2) is 65.5 Å². The van der Waals surface area contributed by atoms with Crippen molar-refractivity contribution in [1.29, 1.82) is 0 Å². The first-order valence-electron chi connectivity index (χ1n) is 9.01. The van der Waals surface area contributed by atoms with Crippen LogP contribution in [0.2, 0.25) is 0 Å². The lowest BCUT2D eigenvalue weighted by molar-refractivity contribution is -0.122. The fraction of sp³-hybridized carbons (Fsp3) is 0.227. The number of aryl methyl sites for hydroxylation is 2. The third kappa shape index (κ3) is 4.46. The average Bonchev–Trinajstić information content (AvgIpc) is 2.69. The number of methoxy groups -OCH3 is 1. The number of carbonyl (C=O) groups is 1. The maximum atomic E-state index is 12.8. The Hall–Kier alpha value is -3.41. The Morgan fingerprint density at radius 3 is 2.46 bits per heavy atom. The number of carbonyl (C=O) groups excluding carboxylic acids is 1. The molecule has 0 spiro atoms. The van der Waals surface area contributed by atoms with Gasteiger partial charge in [-0.1, -0.05) is 42.5 Å². The molecule has 0 unspecified atom stereocenters. The minimum atomic E-state index is -0.426. The number of hydrogen-bond acceptors (Lipinski definition) is 4. The Balaban J connectivity index is 1.90. The highest BCUT2D eigenvalue weighted by Gasteiger charge is 2.18. The van der Waals surface area contributed by atoms with Crippen LogP contribution in [0, 0.1) is 13.8 Å². The van der Waals surface area contributed by atoms with Crippen LogP contribution in [0.1, 0.15) is 28.6 Å². The van der Waals surface area contributed by atoms with Gasteiger partial charge in [0.1, 0.15) is 12.3 Å². The third-order valence-corrected chi connectivity index (χ3v) is 4.51. The summed E-state index contributed by atoms with van der Waals surface area (Å²) >= 11 is 0. The first kappa shape index (κ1) is 19.4. The molecule has 1 N–H and O–H groups in total. The van der Waals surface area contributed by atoms with E-state index in [-0.39, 0.29) is 18.5 Å². The summed E-state index contributed by atoms with van der Waals surface area (Å²) in [5.41, 5.74) is 2.74. The van der Waals surface area contributed by atoms with Crippen LogP contribution in [0.3, 0.4) is 0 Å². The lowest BCUT2D eigenvalue weighted by Crippen LogP contribution is -2.36. The Labute approximate surface area is 163 Å². The van der Waals surface area contributed by atoms with Gasteiger partial charge in [0.2, 0.25) is 5.91 Å². The number of ether oxygens (including phenoxy) is 1. The zero-order chi connectivity index (χ0) is 20.1. The molecule has 0 aliphatic carbocycles. The number of aromatic nitrogens is 2. The molecule has 0 saturated carbocycles. The summed E-state index contributed by atoms with van der Waals surface area (Å²) in [4.78, 5) is 28.9. The summed E-state index contributed by atoms with van der Waals surface area (Å²) in [5, 5.41) is 3.04. The molecule has 0 fully saturated rings. The van der Waals surface area contributed by atoms with E-state index >= 15 is 0 Å². The second-order valence-electron chi connectivity index (χ2n) is 6.60. The summed E-state index contributed by atoms with van der Waals surface area (Å²) in [6, 6.07) is 18.7. The van der Waals surface area contributed by atoms with Crippen molar-refractivity contribution in [2.75, 3.05) is 7.11 Å². The number of amides is 1. The van der Waals surface area contributed by atoms with Crippen LogP contribution >= 0.6 is 0 Å². The molecule has 1 atom stereocenters. The Kier molecular flexibility index (Phi) is 5.89. The van der Waals surface area contributed by atoms with Gasteiger partial charge in [0.15, 0.2) is 0 Å². The summed E-state index contributed by atoms with van der Waals surface area (Å²) in [6.45, 7) is 3.46. The Morgan fingerprint density at radius 2 is 1.79 bits per heavy atom. The summed E-state index contributed by atoms with van der Waals surface area (Å²) in [7, 11) is 1.61. The molecular formula is C22H23N3O3. The van der Waals surface area contributed by atoms with E-state index in [1.165, 1.54) is 4.57 Å². The first-order chi connectivity index (χ1) is 13.5. The number of benzene rings is 2. The number of nitrogens with zero attached hydrogens (tertiary/aromatic N) is 2. The fourth-order valence-electron chi connectivity index (χ4n) is 3.14. The standard InChI is InChI=1S/C22H23N3O3/c1-15-12-16(2)25(22(27)23-15)14-20(26)24-21(17-8-5-4-6-9-17)18-10-7-11-19(13-18)28-3/h4-13,21H,14H2,1-3H3,(H,24,26)/t21-/m0/s1. The Morgan fingerprint density at radius 1 is 1.07 bits per heavy atom. The molecule has 0 radical (unpaired) electrons. The van der Waals surface area contributed by atoms with E-state index in [0.717, 1.165) is 11.1 Å². The highest BCUT2D eigenvalue weighted by Crippen LogP contribution is 2.25. The van der Waals surface area contributed by atoms with Crippen molar-refractivity contribution < 1.29 is 9.53 Å². The molecule has 1 amide bonds. The third-order valence-electron chi connectivity index (χ3n) is 4.51. The molecule has 2 aromatic carbocycles. The van der Waals surface area contributed by atoms with E-state index in [2.05, 4.69) is 10.3 Å². The lowest BCUT2D eigenvalue weighted by atomic mass is 9.98. The van der Waals surface area contributed by atoms with E-state index in [4.69, 9.17) is 4.74 Å². The van der Waals surface area contributed by atoms with Crippen molar-refractivity contribution in [3.8, 4) is 5.75 Å². The quantitative estimate of drug-likeness (QED) is 0.717. The van der Waals surface area contributed by atoms with Gasteiger partial charge in [0.25, 0.3) is 0 Å². The molecule has 3 aromatic rings. The van der Waals surface area contributed by atoms with Crippen LogP contribution < -0.4 is 15.7 Å². The largest absolute Gasteiger partial charge is 0.497 e. The van der Waals surface area contributed by atoms with Gasteiger partial charge in [-0.2, -0.15) is 4.98 Å². The van der Waals surface area contributed by atoms with Gasteiger partial charge in [-0.3, -0.25) is 9.36 Å². The molecule has 0 bridgehead atoms. The summed E-state index contributed by atoms with van der Waals surface area (Å²) < 4.78 is 6.69. The molecular weight excluding hydrogens is 354 g/mol. The number of rotatable bonds is 6. The van der Waals surface area contributed by atoms with Crippen LogP contribution in [0.4, 0.5) is 0 Å². The minimum absolute atomic E-state index is 0.0920. The van der Waals surface area contributed by atoms with Gasteiger partial charge >= 0.3 is 5.69 Å². The molecule has 144 valence electrons. The van der Waals surface area contributed by atoms with E-state index in [9.17, 15) is 9.59 Å². The topological polar surface area (TPSA) is 73.2 Å². The zero-order valence-electron chi connectivity index (χ0n) is 16.2. The molecule has 6 heteroatoms. The van der Waals surface area contributed by atoms with Gasteiger partial charge in [0.05, 0.1) is 13.2 Å². The number of nitrogens with one attached hydrogen (secondary N) is 1. The van der Waals surface area contributed by atoms with E-state index in [1.54, 1.807) is 27.0 Å². The average molecular weight is 377 g/mol. The maximum absolute atomic E-state index is 12.8. The summed E-state index contributed by atoms with van der Waals surface area (Å²) in [5.74, 6) is 0.440. The molecule has 0 saturated heterocycles. The zero-order valence-corrected chi connectivity index (χ0v) is 16.2. The normalized spacial score (nSPS) is 11.7. The molecule has 1 heterocycles. The molecule has 28 heavy (non-hydrogen) atoms. The minimum Gasteiger partial charge on any atom is -0.497 e. The van der Waals surface area contributed by atoms with Gasteiger partial charge in [-0.05, 0) is 43.2 Å². The van der Waals surface area contributed by atoms with Crippen molar-refractivity contribution in [3.63, 3.8) is 0 Å². The number of hydrogen-bond donors (Lipinski definition) is 1. The van der Waals surface area contributed by atoms with Gasteiger partial charge in [-0.15, -0.1) is 0 Å². The summed E-state index contributed by atoms with van der Waals surface area (Å²) in [6.07, 6.45) is 0. The lowest BCUT2D eigenvalue weighted by Gasteiger charge is -2.21. The van der Waals surface area contributed by atoms with Crippen LogP contribution in [-0.2, 0) is 11.3 Å². The van der Waals surface area contributed by atoms with Crippen molar-refractivity contribution >= 4 is 5.91 Å². The van der Waals surface area contributed by atoms with Crippen molar-refractivity contribution in [2.24, 2.45) is 0 Å². The second-order valence-corrected chi connectivity index (χ2v) is 6.60. The van der Waals surface area contributed by atoms with E-state index in [0.29, 0.717) is 17.1 Å². The molecule has 0 aliphatic heterocycles. The van der Waals surface area contributed by atoms with Crippen molar-refractivity contribution in [2.45, 2.75) is 26.4 Å². The van der Waals surface area contributed by atoms with E-state index < -0.39 is 5.69 Å². The van der Waals surface area contributed by atoms with Crippen molar-refractivity contribution in [1.82, 2.24) is 14.9 Å². The maximum Gasteiger partial charge on any atom is 0.348 e. The smallest absolute Gasteiger partial charge is 0.348 e. The predicted molar refractivity (Wildman–Crippen MR) is 107 cm³/mol. The van der Waals surface area contributed by atoms with Crippen LogP contribution in [0.5, 0.6) is 5.75 Å². The Bertz CT molecular complexity index is 1030. The highest BCUT2D eigenvalue weighted by molar-refractivity contribution is 5.77. The predicted octanol–water partition coefficient (Wildman–Crippen LogP) is 2.77. The van der Waals surface area contributed by atoms with Crippen molar-refractivity contribution in [3.05, 3.63) is 93.7 Å². The highest BCUT2D eigenvalue weighted by atomic mass is 16.5. The molecule has 1 aromatic heterocycles. The van der Waals surface area contributed by atoms with Crippen LogP contribution in [0.25, 0.3) is 0 Å². The van der Waals surface area contributed by atoms with Gasteiger partial charge in [0, 0.05) is 11.4 Å². The fourth-order valence-corrected chi connectivity index (χ4v) is 3.14.